The van der Waals surface area contributed by atoms with E-state index in [-0.39, 0.29) is 5.97 Å². The summed E-state index contributed by atoms with van der Waals surface area (Å²) in [5.41, 5.74) is 3.91. The van der Waals surface area contributed by atoms with Gasteiger partial charge in [-0.2, -0.15) is 0 Å². The molecule has 1 aromatic carbocycles. The first kappa shape index (κ1) is 17.9. The van der Waals surface area contributed by atoms with Gasteiger partial charge < -0.3 is 9.30 Å². The Hall–Kier alpha value is -2.92. The Bertz CT molecular complexity index is 1020. The van der Waals surface area contributed by atoms with Crippen LogP contribution in [0.2, 0.25) is 0 Å². The van der Waals surface area contributed by atoms with Gasteiger partial charge in [-0.25, -0.2) is 9.78 Å². The molecule has 0 amide bonds. The number of aliphatic imine (C=N–C) groups is 1. The van der Waals surface area contributed by atoms with E-state index >= 15 is 0 Å². The number of allylic oxidation sites excluding steroid dienone is 1. The highest BCUT2D eigenvalue weighted by molar-refractivity contribution is 6.31. The molecule has 0 atom stereocenters. The first-order valence-electron chi connectivity index (χ1n) is 7.99. The van der Waals surface area contributed by atoms with Crippen LogP contribution in [-0.2, 0) is 11.3 Å². The Morgan fingerprint density at radius 2 is 2.23 bits per heavy atom. The Morgan fingerprint density at radius 1 is 1.42 bits per heavy atom. The van der Waals surface area contributed by atoms with E-state index in [1.807, 2.05) is 41.8 Å². The van der Waals surface area contributed by atoms with Crippen molar-refractivity contribution in [3.05, 3.63) is 64.4 Å². The Labute approximate surface area is 156 Å². The summed E-state index contributed by atoms with van der Waals surface area (Å²) >= 11 is 6.02. The first-order chi connectivity index (χ1) is 12.5. The van der Waals surface area contributed by atoms with Crippen LogP contribution < -0.4 is 0 Å². The molecule has 0 aliphatic rings. The molecule has 6 heteroatoms. The lowest BCUT2D eigenvalue weighted by Gasteiger charge is -2.08. The van der Waals surface area contributed by atoms with E-state index < -0.39 is 0 Å². The first-order valence-corrected chi connectivity index (χ1v) is 8.37. The molecule has 0 saturated heterocycles. The van der Waals surface area contributed by atoms with Crippen LogP contribution in [0.5, 0.6) is 0 Å². The molecule has 0 aliphatic carbocycles. The van der Waals surface area contributed by atoms with E-state index in [0.717, 1.165) is 27.8 Å². The zero-order valence-corrected chi connectivity index (χ0v) is 15.3. The molecule has 26 heavy (non-hydrogen) atoms. The quantitative estimate of drug-likeness (QED) is 0.480. The highest BCUT2D eigenvalue weighted by Crippen LogP contribution is 2.26. The normalized spacial score (nSPS) is 11.6. The van der Waals surface area contributed by atoms with Gasteiger partial charge in [0.1, 0.15) is 5.65 Å². The van der Waals surface area contributed by atoms with Gasteiger partial charge in [-0.3, -0.25) is 4.99 Å². The van der Waals surface area contributed by atoms with E-state index in [9.17, 15) is 4.79 Å². The van der Waals surface area contributed by atoms with E-state index in [1.54, 1.807) is 18.5 Å². The van der Waals surface area contributed by atoms with E-state index in [4.69, 9.17) is 16.3 Å². The predicted molar refractivity (Wildman–Crippen MR) is 105 cm³/mol. The van der Waals surface area contributed by atoms with Crippen LogP contribution in [0.15, 0.2) is 52.8 Å². The van der Waals surface area contributed by atoms with Gasteiger partial charge in [0.25, 0.3) is 0 Å². The summed E-state index contributed by atoms with van der Waals surface area (Å²) in [6.07, 6.45) is 5.32. The smallest absolute Gasteiger partial charge is 0.340 e. The Balaban J connectivity index is 2.06. The zero-order chi connectivity index (χ0) is 18.7. The summed E-state index contributed by atoms with van der Waals surface area (Å²) in [4.78, 5) is 20.5. The van der Waals surface area contributed by atoms with Crippen molar-refractivity contribution in [2.45, 2.75) is 13.5 Å². The molecule has 2 heterocycles. The van der Waals surface area contributed by atoms with Gasteiger partial charge in [-0.15, -0.1) is 0 Å². The zero-order valence-electron chi connectivity index (χ0n) is 14.6. The van der Waals surface area contributed by atoms with Crippen molar-refractivity contribution in [3.8, 4) is 0 Å². The number of carbonyl (C=O) groups excluding carboxylic acids is 1. The average Bonchev–Trinajstić information content (AvgIpc) is 2.99. The third-order valence-corrected chi connectivity index (χ3v) is 4.12. The maximum absolute atomic E-state index is 12.0. The molecule has 3 rings (SSSR count). The van der Waals surface area contributed by atoms with Crippen molar-refractivity contribution in [2.24, 2.45) is 4.99 Å². The minimum Gasteiger partial charge on any atom is -0.465 e. The number of fused-ring (bicyclic) bond motifs is 1. The van der Waals surface area contributed by atoms with E-state index in [1.165, 1.54) is 7.11 Å². The van der Waals surface area contributed by atoms with Gasteiger partial charge in [0, 0.05) is 34.9 Å². The fourth-order valence-corrected chi connectivity index (χ4v) is 3.01. The van der Waals surface area contributed by atoms with Crippen molar-refractivity contribution in [2.75, 3.05) is 7.11 Å². The molecule has 5 nitrogen and oxygen atoms in total. The maximum atomic E-state index is 12.0. The van der Waals surface area contributed by atoms with Crippen LogP contribution in [0.4, 0.5) is 5.69 Å². The molecular weight excluding hydrogens is 350 g/mol. The number of nitrogens with zero attached hydrogens (tertiary/aromatic N) is 3. The number of pyridine rings is 1. The molecule has 0 saturated carbocycles. The number of methoxy groups -OCH3 is 1. The Morgan fingerprint density at radius 3 is 2.92 bits per heavy atom. The molecule has 0 fully saturated rings. The van der Waals surface area contributed by atoms with Crippen LogP contribution in [0.1, 0.15) is 28.4 Å². The lowest BCUT2D eigenvalue weighted by molar-refractivity contribution is 0.0602. The molecule has 0 aliphatic heterocycles. The summed E-state index contributed by atoms with van der Waals surface area (Å²) < 4.78 is 6.81. The topological polar surface area (TPSA) is 56.5 Å². The number of carbonyl (C=O) groups is 1. The molecule has 3 aromatic rings. The fraction of sp³-hybridized carbons (Fsp3) is 0.150. The third kappa shape index (κ3) is 3.53. The number of benzene rings is 1. The molecule has 0 bridgehead atoms. The molecule has 132 valence electrons. The lowest BCUT2D eigenvalue weighted by atomic mass is 10.1. The maximum Gasteiger partial charge on any atom is 0.340 e. The van der Waals surface area contributed by atoms with Gasteiger partial charge in [0.2, 0.25) is 0 Å². The molecule has 0 N–H and O–H groups in total. The van der Waals surface area contributed by atoms with Crippen LogP contribution >= 0.6 is 11.6 Å². The van der Waals surface area contributed by atoms with Crippen LogP contribution in [0, 0.1) is 0 Å². The number of hydrogen-bond acceptors (Lipinski definition) is 4. The second-order valence-electron chi connectivity index (χ2n) is 5.82. The highest BCUT2D eigenvalue weighted by atomic mass is 35.5. The summed E-state index contributed by atoms with van der Waals surface area (Å²) in [5.74, 6) is -0.380. The van der Waals surface area contributed by atoms with Crippen molar-refractivity contribution < 1.29 is 9.53 Å². The van der Waals surface area contributed by atoms with Crippen molar-refractivity contribution >= 4 is 47.1 Å². The molecule has 0 radical (unpaired) electrons. The van der Waals surface area contributed by atoms with Crippen molar-refractivity contribution in [1.82, 2.24) is 9.55 Å². The van der Waals surface area contributed by atoms with Crippen molar-refractivity contribution in [3.63, 3.8) is 0 Å². The predicted octanol–water partition coefficient (Wildman–Crippen LogP) is 4.80. The van der Waals surface area contributed by atoms with Gasteiger partial charge in [0.05, 0.1) is 18.4 Å². The number of ether oxygens (including phenoxy) is 1. The molecule has 2 aromatic heterocycles. The molecule has 0 unspecified atom stereocenters. The lowest BCUT2D eigenvalue weighted by Crippen LogP contribution is -2.01. The van der Waals surface area contributed by atoms with Crippen molar-refractivity contribution in [1.29, 1.82) is 0 Å². The Kier molecular flexibility index (Phi) is 5.19. The second kappa shape index (κ2) is 7.54. The minimum absolute atomic E-state index is 0.380. The number of rotatable bonds is 5. The van der Waals surface area contributed by atoms with Gasteiger partial charge >= 0.3 is 5.97 Å². The summed E-state index contributed by atoms with van der Waals surface area (Å²) in [7, 11) is 1.37. The van der Waals surface area contributed by atoms with Gasteiger partial charge in [-0.05, 0) is 49.5 Å². The largest absolute Gasteiger partial charge is 0.465 e. The summed E-state index contributed by atoms with van der Waals surface area (Å²) in [6, 6.07) is 9.53. The van der Waals surface area contributed by atoms with E-state index in [2.05, 4.69) is 16.7 Å². The SMILES string of the molecule is C=Nc1ccc(Cn2cc(C(=O)OC)c3cccnc32)cc1/C=C(\C)Cl. The number of halogens is 1. The van der Waals surface area contributed by atoms with E-state index in [0.29, 0.717) is 17.1 Å². The fourth-order valence-electron chi connectivity index (χ4n) is 2.89. The van der Waals surface area contributed by atoms with Crippen LogP contribution in [0.25, 0.3) is 17.1 Å². The minimum atomic E-state index is -0.380. The van der Waals surface area contributed by atoms with Crippen LogP contribution in [0.3, 0.4) is 0 Å². The molecular formula is C20H18ClN3O2. The highest BCUT2D eigenvalue weighted by Gasteiger charge is 2.16. The van der Waals surface area contributed by atoms with Gasteiger partial charge in [0.15, 0.2) is 0 Å². The number of esters is 1. The molecule has 0 spiro atoms. The standard InChI is InChI=1S/C20H18ClN3O2/c1-13(21)9-15-10-14(6-7-18(15)22-2)11-24-12-17(20(25)26-3)16-5-4-8-23-19(16)24/h4-10,12H,2,11H2,1,3H3/b13-9+. The van der Waals surface area contributed by atoms with Crippen LogP contribution in [-0.4, -0.2) is 29.3 Å². The monoisotopic (exact) mass is 367 g/mol. The number of aromatic nitrogens is 2. The second-order valence-corrected chi connectivity index (χ2v) is 6.42. The summed E-state index contributed by atoms with van der Waals surface area (Å²) in [6.45, 7) is 5.96. The summed E-state index contributed by atoms with van der Waals surface area (Å²) in [5, 5.41) is 1.42. The third-order valence-electron chi connectivity index (χ3n) is 4.01. The van der Waals surface area contributed by atoms with Gasteiger partial charge in [-0.1, -0.05) is 17.7 Å². The average molecular weight is 368 g/mol. The number of hydrogen-bond donors (Lipinski definition) is 0.